The van der Waals surface area contributed by atoms with Crippen LogP contribution in [0.15, 0.2) is 42.5 Å². The Kier molecular flexibility index (Phi) is 7.01. The molecule has 0 bridgehead atoms. The lowest BCUT2D eigenvalue weighted by Crippen LogP contribution is -2.50. The van der Waals surface area contributed by atoms with Crippen LogP contribution >= 0.6 is 0 Å². The average Bonchev–Trinajstić information content (AvgIpc) is 2.78. The van der Waals surface area contributed by atoms with Gasteiger partial charge < -0.3 is 9.80 Å². The first-order valence-electron chi connectivity index (χ1n) is 10.4. The van der Waals surface area contributed by atoms with Gasteiger partial charge >= 0.3 is 6.18 Å². The number of piperazine rings is 1. The van der Waals surface area contributed by atoms with Gasteiger partial charge in [-0.05, 0) is 43.7 Å². The topological polar surface area (TPSA) is 57.7 Å². The maximum atomic E-state index is 12.9. The molecule has 0 unspecified atom stereocenters. The molecule has 3 rings (SSSR count). The first kappa shape index (κ1) is 23.5. The van der Waals surface area contributed by atoms with E-state index in [0.717, 1.165) is 23.3 Å². The lowest BCUT2D eigenvalue weighted by molar-refractivity contribution is -0.137. The molecule has 0 N–H and O–H groups in total. The molecule has 2 aromatic rings. The van der Waals surface area contributed by atoms with Crippen LogP contribution in [0.5, 0.6) is 0 Å². The van der Waals surface area contributed by atoms with Crippen LogP contribution in [-0.4, -0.2) is 53.6 Å². The Bertz CT molecular complexity index is 1030. The predicted molar refractivity (Wildman–Crippen MR) is 113 cm³/mol. The summed E-state index contributed by atoms with van der Waals surface area (Å²) in [5, 5.41) is 0. The fourth-order valence-electron chi connectivity index (χ4n) is 3.72. The molecule has 5 nitrogen and oxygen atoms in total. The first-order valence-corrected chi connectivity index (χ1v) is 10.4. The molecule has 0 atom stereocenters. The first-order chi connectivity index (χ1) is 15.1. The van der Waals surface area contributed by atoms with E-state index in [1.54, 1.807) is 4.90 Å². The van der Waals surface area contributed by atoms with Crippen LogP contribution in [0.4, 0.5) is 13.2 Å². The molecular weight excluding hydrogens is 421 g/mol. The second kappa shape index (κ2) is 9.54. The van der Waals surface area contributed by atoms with Crippen LogP contribution in [0.1, 0.15) is 50.2 Å². The maximum absolute atomic E-state index is 12.9. The molecule has 2 amide bonds. The van der Waals surface area contributed by atoms with Crippen molar-refractivity contribution in [1.82, 2.24) is 9.80 Å². The van der Waals surface area contributed by atoms with E-state index in [-0.39, 0.29) is 56.3 Å². The van der Waals surface area contributed by atoms with E-state index >= 15 is 0 Å². The van der Waals surface area contributed by atoms with E-state index in [1.165, 1.54) is 17.0 Å². The van der Waals surface area contributed by atoms with Crippen molar-refractivity contribution in [1.29, 1.82) is 0 Å². The van der Waals surface area contributed by atoms with Crippen molar-refractivity contribution >= 4 is 17.6 Å². The van der Waals surface area contributed by atoms with Gasteiger partial charge in [-0.2, -0.15) is 13.2 Å². The fourth-order valence-corrected chi connectivity index (χ4v) is 3.72. The molecule has 0 aromatic heterocycles. The zero-order valence-corrected chi connectivity index (χ0v) is 18.0. The molecule has 2 aromatic carbocycles. The highest BCUT2D eigenvalue weighted by Gasteiger charge is 2.32. The van der Waals surface area contributed by atoms with E-state index < -0.39 is 17.6 Å². The van der Waals surface area contributed by atoms with E-state index in [4.69, 9.17) is 0 Å². The Morgan fingerprint density at radius 2 is 1.53 bits per heavy atom. The van der Waals surface area contributed by atoms with Crippen LogP contribution in [0, 0.1) is 13.8 Å². The number of amides is 2. The zero-order chi connectivity index (χ0) is 23.5. The van der Waals surface area contributed by atoms with Gasteiger partial charge in [0.05, 0.1) is 5.56 Å². The summed E-state index contributed by atoms with van der Waals surface area (Å²) in [6.45, 7) is 4.77. The molecule has 0 aliphatic carbocycles. The quantitative estimate of drug-likeness (QED) is 0.645. The van der Waals surface area contributed by atoms with E-state index in [9.17, 15) is 27.6 Å². The smallest absolute Gasteiger partial charge is 0.339 e. The number of Topliss-reactive ketones (excluding diaryl/α,β-unsaturated/α-hetero) is 1. The van der Waals surface area contributed by atoms with Crippen molar-refractivity contribution in [2.75, 3.05) is 26.2 Å². The molecule has 0 saturated carbocycles. The maximum Gasteiger partial charge on any atom is 0.416 e. The van der Waals surface area contributed by atoms with Gasteiger partial charge in [0.15, 0.2) is 5.78 Å². The van der Waals surface area contributed by atoms with Gasteiger partial charge in [-0.3, -0.25) is 14.4 Å². The third kappa shape index (κ3) is 5.55. The van der Waals surface area contributed by atoms with E-state index in [0.29, 0.717) is 5.56 Å². The summed E-state index contributed by atoms with van der Waals surface area (Å²) in [6, 6.07) is 9.96. The molecule has 1 fully saturated rings. The minimum Gasteiger partial charge on any atom is -0.339 e. The van der Waals surface area contributed by atoms with Gasteiger partial charge in [-0.1, -0.05) is 23.8 Å². The van der Waals surface area contributed by atoms with Crippen LogP contribution in [0.25, 0.3) is 0 Å². The van der Waals surface area contributed by atoms with Crippen molar-refractivity contribution in [2.24, 2.45) is 0 Å². The third-order valence-electron chi connectivity index (χ3n) is 5.62. The highest BCUT2D eigenvalue weighted by molar-refractivity contribution is 5.99. The van der Waals surface area contributed by atoms with Gasteiger partial charge in [-0.15, -0.1) is 0 Å². The zero-order valence-electron chi connectivity index (χ0n) is 18.0. The molecule has 1 aliphatic rings. The Labute approximate surface area is 184 Å². The Hall–Kier alpha value is -3.16. The monoisotopic (exact) mass is 446 g/mol. The molecule has 170 valence electrons. The minimum absolute atomic E-state index is 0.0290. The number of hydrogen-bond acceptors (Lipinski definition) is 3. The highest BCUT2D eigenvalue weighted by Crippen LogP contribution is 2.29. The number of benzene rings is 2. The van der Waals surface area contributed by atoms with Crippen molar-refractivity contribution in [3.8, 4) is 0 Å². The van der Waals surface area contributed by atoms with Crippen LogP contribution in [0.3, 0.4) is 0 Å². The van der Waals surface area contributed by atoms with Crippen molar-refractivity contribution in [3.05, 3.63) is 70.3 Å². The van der Waals surface area contributed by atoms with Crippen molar-refractivity contribution in [2.45, 2.75) is 32.9 Å². The summed E-state index contributed by atoms with van der Waals surface area (Å²) in [5.74, 6) is -0.749. The number of nitrogens with zero attached hydrogens (tertiary/aromatic N) is 2. The molecule has 8 heteroatoms. The molecule has 1 heterocycles. The summed E-state index contributed by atoms with van der Waals surface area (Å²) >= 11 is 0. The lowest BCUT2D eigenvalue weighted by Gasteiger charge is -2.35. The summed E-state index contributed by atoms with van der Waals surface area (Å²) in [4.78, 5) is 40.7. The highest BCUT2D eigenvalue weighted by atomic mass is 19.4. The number of rotatable bonds is 5. The van der Waals surface area contributed by atoms with Crippen molar-refractivity contribution < 1.29 is 27.6 Å². The predicted octanol–water partition coefficient (Wildman–Crippen LogP) is 4.27. The number of carbonyl (C=O) groups is 3. The molecule has 32 heavy (non-hydrogen) atoms. The van der Waals surface area contributed by atoms with Crippen LogP contribution < -0.4 is 0 Å². The number of halogens is 3. The minimum atomic E-state index is -4.52. The molecule has 1 aliphatic heterocycles. The number of alkyl halides is 3. The number of carbonyl (C=O) groups excluding carboxylic acids is 3. The second-order valence-electron chi connectivity index (χ2n) is 7.99. The number of ketones is 1. The average molecular weight is 446 g/mol. The standard InChI is InChI=1S/C24H25F3N2O3/c1-16-6-7-17(2)20(14-16)21(30)8-9-22(31)28-10-12-29(13-11-28)23(32)18-4-3-5-19(15-18)24(25,26)27/h3-7,14-15H,8-13H2,1-2H3. The normalized spacial score (nSPS) is 14.4. The summed E-state index contributed by atoms with van der Waals surface area (Å²) in [7, 11) is 0. The van der Waals surface area contributed by atoms with Crippen molar-refractivity contribution in [3.63, 3.8) is 0 Å². The number of hydrogen-bond donors (Lipinski definition) is 0. The van der Waals surface area contributed by atoms with Crippen LogP contribution in [-0.2, 0) is 11.0 Å². The van der Waals surface area contributed by atoms with Gasteiger partial charge in [0.2, 0.25) is 5.91 Å². The van der Waals surface area contributed by atoms with Gasteiger partial charge in [0.25, 0.3) is 5.91 Å². The van der Waals surface area contributed by atoms with Gasteiger partial charge in [0, 0.05) is 50.1 Å². The van der Waals surface area contributed by atoms with Gasteiger partial charge in [-0.25, -0.2) is 0 Å². The lowest BCUT2D eigenvalue weighted by atomic mass is 9.99. The summed E-state index contributed by atoms with van der Waals surface area (Å²) in [5.41, 5.74) is 1.57. The largest absolute Gasteiger partial charge is 0.416 e. The van der Waals surface area contributed by atoms with Crippen LogP contribution in [0.2, 0.25) is 0 Å². The van der Waals surface area contributed by atoms with Gasteiger partial charge in [0.1, 0.15) is 0 Å². The number of aryl methyl sites for hydroxylation is 2. The third-order valence-corrected chi connectivity index (χ3v) is 5.62. The fraction of sp³-hybridized carbons (Fsp3) is 0.375. The molecule has 1 saturated heterocycles. The molecular formula is C24H25F3N2O3. The SMILES string of the molecule is Cc1ccc(C)c(C(=O)CCC(=O)N2CCN(C(=O)c3cccc(C(F)(F)F)c3)CC2)c1. The Morgan fingerprint density at radius 1 is 0.875 bits per heavy atom. The Balaban J connectivity index is 1.53. The second-order valence-corrected chi connectivity index (χ2v) is 7.99. The van der Waals surface area contributed by atoms with E-state index in [2.05, 4.69) is 0 Å². The molecule has 0 radical (unpaired) electrons. The summed E-state index contributed by atoms with van der Waals surface area (Å²) in [6.07, 6.45) is -4.34. The summed E-state index contributed by atoms with van der Waals surface area (Å²) < 4.78 is 38.7. The van der Waals surface area contributed by atoms with E-state index in [1.807, 2.05) is 32.0 Å². The molecule has 0 spiro atoms. The Morgan fingerprint density at radius 3 is 2.19 bits per heavy atom.